The Balaban J connectivity index is 1.68. The Morgan fingerprint density at radius 3 is 2.43 bits per heavy atom. The molecule has 0 bridgehead atoms. The van der Waals surface area contributed by atoms with Crippen LogP contribution in [0.2, 0.25) is 0 Å². The Bertz CT molecular complexity index is 1150. The maximum atomic E-state index is 13.0. The van der Waals surface area contributed by atoms with Gasteiger partial charge in [0, 0.05) is 48.6 Å². The minimum Gasteiger partial charge on any atom is -0.496 e. The average Bonchev–Trinajstić information content (AvgIpc) is 3.13. The number of carbonyl (C=O) groups excluding carboxylic acids is 1. The molecule has 4 heteroatoms. The number of fused-ring (bicyclic) bond motifs is 1. The van der Waals surface area contributed by atoms with Gasteiger partial charge in [0.1, 0.15) is 5.75 Å². The van der Waals surface area contributed by atoms with Gasteiger partial charge >= 0.3 is 0 Å². The lowest BCUT2D eigenvalue weighted by Gasteiger charge is -2.20. The van der Waals surface area contributed by atoms with E-state index in [1.165, 1.54) is 0 Å². The zero-order valence-electron chi connectivity index (χ0n) is 17.3. The molecular formula is C26H26N2O2. The second-order valence-corrected chi connectivity index (χ2v) is 7.47. The summed E-state index contributed by atoms with van der Waals surface area (Å²) in [4.78, 5) is 13.0. The Morgan fingerprint density at radius 2 is 1.63 bits per heavy atom. The first-order chi connectivity index (χ1) is 14.7. The quantitative estimate of drug-likeness (QED) is 0.475. The molecular weight excluding hydrogens is 372 g/mol. The molecule has 4 aromatic rings. The number of methoxy groups -OCH3 is 1. The van der Waals surface area contributed by atoms with Crippen molar-refractivity contribution in [1.82, 2.24) is 9.88 Å². The number of ether oxygens (including phenoxy) is 1. The first-order valence-electron chi connectivity index (χ1n) is 10.1. The zero-order chi connectivity index (χ0) is 20.9. The summed E-state index contributed by atoms with van der Waals surface area (Å²) in [7, 11) is 3.72. The molecule has 152 valence electrons. The summed E-state index contributed by atoms with van der Waals surface area (Å²) < 4.78 is 7.76. The summed E-state index contributed by atoms with van der Waals surface area (Å²) >= 11 is 0. The number of hydrogen-bond acceptors (Lipinski definition) is 2. The second-order valence-electron chi connectivity index (χ2n) is 7.47. The van der Waals surface area contributed by atoms with Crippen molar-refractivity contribution >= 4 is 16.8 Å². The highest BCUT2D eigenvalue weighted by molar-refractivity contribution is 5.86. The van der Waals surface area contributed by atoms with Gasteiger partial charge in [-0.3, -0.25) is 4.79 Å². The molecule has 1 amide bonds. The second kappa shape index (κ2) is 8.87. The molecule has 4 nitrogen and oxygen atoms in total. The molecule has 1 N–H and O–H groups in total. The van der Waals surface area contributed by atoms with E-state index in [0.717, 1.165) is 33.3 Å². The van der Waals surface area contributed by atoms with Crippen molar-refractivity contribution in [3.05, 3.63) is 102 Å². The summed E-state index contributed by atoms with van der Waals surface area (Å²) in [5.41, 5.74) is 4.39. The molecule has 0 aliphatic heterocycles. The smallest absolute Gasteiger partial charge is 0.221 e. The van der Waals surface area contributed by atoms with Crippen molar-refractivity contribution < 1.29 is 9.53 Å². The van der Waals surface area contributed by atoms with E-state index in [4.69, 9.17) is 4.74 Å². The molecule has 3 aromatic carbocycles. The monoisotopic (exact) mass is 398 g/mol. The van der Waals surface area contributed by atoms with Crippen LogP contribution in [-0.4, -0.2) is 17.6 Å². The van der Waals surface area contributed by atoms with Gasteiger partial charge in [-0.25, -0.2) is 0 Å². The third-order valence-corrected chi connectivity index (χ3v) is 5.54. The SMILES string of the molecule is COc1ccccc1[C@@H](CC(=O)NCc1ccccc1)c1cn(C)c2ccccc12. The van der Waals surface area contributed by atoms with E-state index < -0.39 is 0 Å². The fraction of sp³-hybridized carbons (Fsp3) is 0.192. The maximum Gasteiger partial charge on any atom is 0.221 e. The molecule has 4 rings (SSSR count). The van der Waals surface area contributed by atoms with Crippen molar-refractivity contribution in [2.45, 2.75) is 18.9 Å². The highest BCUT2D eigenvalue weighted by atomic mass is 16.5. The summed E-state index contributed by atoms with van der Waals surface area (Å²) in [6, 6.07) is 26.2. The van der Waals surface area contributed by atoms with Crippen LogP contribution in [0, 0.1) is 0 Å². The molecule has 0 spiro atoms. The van der Waals surface area contributed by atoms with Gasteiger partial charge in [-0.15, -0.1) is 0 Å². The molecule has 1 atom stereocenters. The molecule has 0 aliphatic carbocycles. The Hall–Kier alpha value is -3.53. The van der Waals surface area contributed by atoms with E-state index in [9.17, 15) is 4.79 Å². The van der Waals surface area contributed by atoms with E-state index in [0.29, 0.717) is 13.0 Å². The molecule has 0 unspecified atom stereocenters. The van der Waals surface area contributed by atoms with Crippen molar-refractivity contribution in [3.8, 4) is 5.75 Å². The number of nitrogens with zero attached hydrogens (tertiary/aromatic N) is 1. The van der Waals surface area contributed by atoms with Gasteiger partial charge in [0.05, 0.1) is 7.11 Å². The molecule has 0 saturated heterocycles. The minimum atomic E-state index is -0.108. The molecule has 0 saturated carbocycles. The van der Waals surface area contributed by atoms with Crippen LogP contribution in [0.4, 0.5) is 0 Å². The van der Waals surface area contributed by atoms with Crippen LogP contribution in [0.15, 0.2) is 85.1 Å². The number of rotatable bonds is 7. The van der Waals surface area contributed by atoms with E-state index in [1.54, 1.807) is 7.11 Å². The lowest BCUT2D eigenvalue weighted by Crippen LogP contribution is -2.25. The van der Waals surface area contributed by atoms with Gasteiger partial charge in [0.2, 0.25) is 5.91 Å². The van der Waals surface area contributed by atoms with E-state index in [2.05, 4.69) is 34.3 Å². The minimum absolute atomic E-state index is 0.0164. The first kappa shape index (κ1) is 19.8. The van der Waals surface area contributed by atoms with Gasteiger partial charge in [-0.05, 0) is 23.3 Å². The Labute approximate surface area is 177 Å². The number of amides is 1. The standard InChI is InChI=1S/C26H26N2O2/c1-28-18-23(20-12-6-8-14-24(20)28)22(21-13-7-9-15-25(21)30-2)16-26(29)27-17-19-10-4-3-5-11-19/h3-15,18,22H,16-17H2,1-2H3,(H,27,29)/t22-/m1/s1. The van der Waals surface area contributed by atoms with E-state index in [1.807, 2.05) is 67.7 Å². The largest absolute Gasteiger partial charge is 0.496 e. The topological polar surface area (TPSA) is 43.3 Å². The van der Waals surface area contributed by atoms with Crippen molar-refractivity contribution in [3.63, 3.8) is 0 Å². The third-order valence-electron chi connectivity index (χ3n) is 5.54. The fourth-order valence-corrected chi connectivity index (χ4v) is 4.05. The van der Waals surface area contributed by atoms with E-state index in [-0.39, 0.29) is 11.8 Å². The number of nitrogens with one attached hydrogen (secondary N) is 1. The summed E-state index contributed by atoms with van der Waals surface area (Å²) in [6.45, 7) is 0.522. The predicted molar refractivity (Wildman–Crippen MR) is 121 cm³/mol. The predicted octanol–water partition coefficient (Wildman–Crippen LogP) is 5.03. The summed E-state index contributed by atoms with van der Waals surface area (Å²) in [6.07, 6.45) is 2.48. The van der Waals surface area contributed by atoms with Gasteiger partial charge < -0.3 is 14.6 Å². The number of aryl methyl sites for hydroxylation is 1. The van der Waals surface area contributed by atoms with Gasteiger partial charge in [0.25, 0.3) is 0 Å². The van der Waals surface area contributed by atoms with Crippen LogP contribution in [0.25, 0.3) is 10.9 Å². The molecule has 0 radical (unpaired) electrons. The van der Waals surface area contributed by atoms with Crippen LogP contribution < -0.4 is 10.1 Å². The first-order valence-corrected chi connectivity index (χ1v) is 10.1. The van der Waals surface area contributed by atoms with Crippen molar-refractivity contribution in [2.75, 3.05) is 7.11 Å². The van der Waals surface area contributed by atoms with Crippen LogP contribution in [-0.2, 0) is 18.4 Å². The lowest BCUT2D eigenvalue weighted by atomic mass is 9.87. The molecule has 0 aliphatic rings. The highest BCUT2D eigenvalue weighted by Crippen LogP contribution is 2.38. The maximum absolute atomic E-state index is 13.0. The number of aromatic nitrogens is 1. The van der Waals surface area contributed by atoms with Crippen LogP contribution in [0.1, 0.15) is 29.0 Å². The molecule has 1 heterocycles. The van der Waals surface area contributed by atoms with Crippen LogP contribution in [0.3, 0.4) is 0 Å². The third kappa shape index (κ3) is 4.08. The molecule has 30 heavy (non-hydrogen) atoms. The van der Waals surface area contributed by atoms with Gasteiger partial charge in [-0.2, -0.15) is 0 Å². The van der Waals surface area contributed by atoms with Crippen LogP contribution in [0.5, 0.6) is 5.75 Å². The van der Waals surface area contributed by atoms with Gasteiger partial charge in [0.15, 0.2) is 0 Å². The molecule has 0 fully saturated rings. The van der Waals surface area contributed by atoms with Crippen molar-refractivity contribution in [2.24, 2.45) is 7.05 Å². The zero-order valence-corrected chi connectivity index (χ0v) is 17.3. The lowest BCUT2D eigenvalue weighted by molar-refractivity contribution is -0.121. The number of hydrogen-bond donors (Lipinski definition) is 1. The number of para-hydroxylation sites is 2. The van der Waals surface area contributed by atoms with E-state index >= 15 is 0 Å². The fourth-order valence-electron chi connectivity index (χ4n) is 4.05. The summed E-state index contributed by atoms with van der Waals surface area (Å²) in [5, 5.41) is 4.23. The Morgan fingerprint density at radius 1 is 0.933 bits per heavy atom. The van der Waals surface area contributed by atoms with Gasteiger partial charge in [-0.1, -0.05) is 66.7 Å². The number of benzene rings is 3. The number of carbonyl (C=O) groups is 1. The normalized spacial score (nSPS) is 11.9. The summed E-state index contributed by atoms with van der Waals surface area (Å²) in [5.74, 6) is 0.706. The van der Waals surface area contributed by atoms with Crippen molar-refractivity contribution in [1.29, 1.82) is 0 Å². The highest BCUT2D eigenvalue weighted by Gasteiger charge is 2.24. The van der Waals surface area contributed by atoms with Crippen LogP contribution >= 0.6 is 0 Å². The molecule has 1 aromatic heterocycles. The Kier molecular flexibility index (Phi) is 5.84. The average molecular weight is 399 g/mol.